The van der Waals surface area contributed by atoms with E-state index in [1.807, 2.05) is 20.8 Å². The van der Waals surface area contributed by atoms with Gasteiger partial charge < -0.3 is 5.32 Å². The molecule has 1 unspecified atom stereocenters. The summed E-state index contributed by atoms with van der Waals surface area (Å²) < 4.78 is 11.2. The van der Waals surface area contributed by atoms with Gasteiger partial charge in [0.05, 0.1) is 0 Å². The smallest absolute Gasteiger partial charge is 0.229 e. The van der Waals surface area contributed by atoms with E-state index in [9.17, 15) is 9.00 Å². The Kier molecular flexibility index (Phi) is 3.86. The third kappa shape index (κ3) is 3.45. The Balaban J connectivity index is 2.77. The lowest BCUT2D eigenvalue weighted by Gasteiger charge is -2.17. The average Bonchev–Trinajstić information content (AvgIpc) is 2.17. The molecule has 0 fully saturated rings. The molecule has 1 N–H and O–H groups in total. The molecule has 1 aromatic rings. The first-order chi connectivity index (χ1) is 7.30. The van der Waals surface area contributed by atoms with Crippen LogP contribution >= 0.6 is 0 Å². The molecule has 3 nitrogen and oxygen atoms in total. The molecule has 0 saturated heterocycles. The van der Waals surface area contributed by atoms with Gasteiger partial charge in [-0.3, -0.25) is 9.00 Å². The molecule has 0 spiro atoms. The zero-order chi connectivity index (χ0) is 12.3. The fourth-order valence-electron chi connectivity index (χ4n) is 1.05. The molecule has 88 valence electrons. The van der Waals surface area contributed by atoms with Gasteiger partial charge in [0.15, 0.2) is 0 Å². The predicted octanol–water partition coefficient (Wildman–Crippen LogP) is 2.41. The number of nitrogens with one attached hydrogen (secondary N) is 1. The average molecular weight is 239 g/mol. The van der Waals surface area contributed by atoms with Crippen LogP contribution in [-0.4, -0.2) is 16.4 Å². The second-order valence-corrected chi connectivity index (χ2v) is 6.06. The van der Waals surface area contributed by atoms with Crippen molar-refractivity contribution in [2.45, 2.75) is 25.7 Å². The highest BCUT2D eigenvalue weighted by Crippen LogP contribution is 2.18. The van der Waals surface area contributed by atoms with Crippen molar-refractivity contribution in [3.05, 3.63) is 24.3 Å². The molecular weight excluding hydrogens is 222 g/mol. The van der Waals surface area contributed by atoms with Gasteiger partial charge in [-0.05, 0) is 24.3 Å². The highest BCUT2D eigenvalue weighted by atomic mass is 32.2. The van der Waals surface area contributed by atoms with E-state index >= 15 is 0 Å². The number of benzene rings is 1. The highest BCUT2D eigenvalue weighted by molar-refractivity contribution is 7.84. The monoisotopic (exact) mass is 239 g/mol. The molecule has 1 aromatic carbocycles. The third-order valence-corrected chi connectivity index (χ3v) is 3.06. The van der Waals surface area contributed by atoms with Crippen molar-refractivity contribution in [2.75, 3.05) is 11.6 Å². The topological polar surface area (TPSA) is 46.2 Å². The van der Waals surface area contributed by atoms with Crippen molar-refractivity contribution < 1.29 is 9.00 Å². The predicted molar refractivity (Wildman–Crippen MR) is 66.9 cm³/mol. The maximum absolute atomic E-state index is 11.7. The molecule has 0 bridgehead atoms. The molecular formula is C12H17NO2S. The van der Waals surface area contributed by atoms with Gasteiger partial charge in [0.1, 0.15) is 0 Å². The second-order valence-electron chi connectivity index (χ2n) is 4.68. The van der Waals surface area contributed by atoms with E-state index < -0.39 is 16.2 Å². The van der Waals surface area contributed by atoms with E-state index in [2.05, 4.69) is 5.32 Å². The molecule has 0 heterocycles. The van der Waals surface area contributed by atoms with Crippen LogP contribution < -0.4 is 5.32 Å². The Morgan fingerprint density at radius 2 is 1.69 bits per heavy atom. The van der Waals surface area contributed by atoms with Crippen molar-refractivity contribution in [1.82, 2.24) is 0 Å². The van der Waals surface area contributed by atoms with Crippen LogP contribution in [0.15, 0.2) is 29.2 Å². The fourth-order valence-corrected chi connectivity index (χ4v) is 1.57. The van der Waals surface area contributed by atoms with Crippen LogP contribution in [0.25, 0.3) is 0 Å². The Hall–Kier alpha value is -1.16. The van der Waals surface area contributed by atoms with Gasteiger partial charge in [-0.2, -0.15) is 0 Å². The molecule has 1 rings (SSSR count). The third-order valence-electron chi connectivity index (χ3n) is 2.13. The van der Waals surface area contributed by atoms with E-state index in [0.717, 1.165) is 10.6 Å². The summed E-state index contributed by atoms with van der Waals surface area (Å²) in [5.74, 6) is -0.0297. The normalized spacial score (nSPS) is 13.2. The van der Waals surface area contributed by atoms with Crippen molar-refractivity contribution in [3.8, 4) is 0 Å². The van der Waals surface area contributed by atoms with Gasteiger partial charge in [-0.1, -0.05) is 20.8 Å². The highest BCUT2D eigenvalue weighted by Gasteiger charge is 2.20. The van der Waals surface area contributed by atoms with E-state index in [4.69, 9.17) is 0 Å². The number of hydrogen-bond donors (Lipinski definition) is 1. The summed E-state index contributed by atoms with van der Waals surface area (Å²) in [5.41, 5.74) is 0.320. The summed E-state index contributed by atoms with van der Waals surface area (Å²) in [4.78, 5) is 12.4. The van der Waals surface area contributed by atoms with Crippen LogP contribution in [0.4, 0.5) is 5.69 Å². The fraction of sp³-hybridized carbons (Fsp3) is 0.417. The Morgan fingerprint density at radius 3 is 2.06 bits per heavy atom. The van der Waals surface area contributed by atoms with E-state index in [0.29, 0.717) is 0 Å². The number of amides is 1. The number of rotatable bonds is 2. The molecule has 0 aromatic heterocycles. The quantitative estimate of drug-likeness (QED) is 0.861. The zero-order valence-corrected chi connectivity index (χ0v) is 10.9. The lowest BCUT2D eigenvalue weighted by molar-refractivity contribution is -0.123. The molecule has 0 aliphatic rings. The summed E-state index contributed by atoms with van der Waals surface area (Å²) in [7, 11) is -0.980. The Bertz CT molecular complexity index is 404. The van der Waals surface area contributed by atoms with Gasteiger partial charge in [0.25, 0.3) is 0 Å². The minimum Gasteiger partial charge on any atom is -0.326 e. The summed E-state index contributed by atoms with van der Waals surface area (Å²) in [5, 5.41) is 2.81. The van der Waals surface area contributed by atoms with Gasteiger partial charge in [-0.15, -0.1) is 0 Å². The maximum Gasteiger partial charge on any atom is 0.229 e. The summed E-state index contributed by atoms with van der Waals surface area (Å²) >= 11 is 0. The van der Waals surface area contributed by atoms with E-state index in [-0.39, 0.29) is 5.91 Å². The Morgan fingerprint density at radius 1 is 1.19 bits per heavy atom. The molecule has 1 amide bonds. The summed E-state index contributed by atoms with van der Waals surface area (Å²) in [6.07, 6.45) is 1.63. The minimum absolute atomic E-state index is 0.0297. The first-order valence-electron chi connectivity index (χ1n) is 5.05. The van der Waals surface area contributed by atoms with Gasteiger partial charge >= 0.3 is 0 Å². The van der Waals surface area contributed by atoms with Crippen LogP contribution in [0, 0.1) is 5.41 Å². The number of carbonyl (C=O) groups is 1. The number of hydrogen-bond acceptors (Lipinski definition) is 2. The first-order valence-corrected chi connectivity index (χ1v) is 6.61. The zero-order valence-electron chi connectivity index (χ0n) is 10.0. The molecule has 0 saturated carbocycles. The van der Waals surface area contributed by atoms with Crippen molar-refractivity contribution in [3.63, 3.8) is 0 Å². The van der Waals surface area contributed by atoms with Crippen molar-refractivity contribution in [2.24, 2.45) is 5.41 Å². The lowest BCUT2D eigenvalue weighted by atomic mass is 9.95. The SMILES string of the molecule is CS(=O)c1ccc(NC(=O)C(C)(C)C)cc1. The van der Waals surface area contributed by atoms with Crippen molar-refractivity contribution in [1.29, 1.82) is 0 Å². The van der Waals surface area contributed by atoms with Crippen LogP contribution in [-0.2, 0) is 15.6 Å². The molecule has 1 atom stereocenters. The van der Waals surface area contributed by atoms with Crippen molar-refractivity contribution >= 4 is 22.4 Å². The molecule has 0 aliphatic heterocycles. The second kappa shape index (κ2) is 4.78. The minimum atomic E-state index is -0.980. The lowest BCUT2D eigenvalue weighted by Crippen LogP contribution is -2.27. The molecule has 0 aliphatic carbocycles. The maximum atomic E-state index is 11.7. The van der Waals surface area contributed by atoms with Crippen LogP contribution in [0.1, 0.15) is 20.8 Å². The molecule has 16 heavy (non-hydrogen) atoms. The van der Waals surface area contributed by atoms with E-state index in [1.54, 1.807) is 30.5 Å². The Labute approximate surface area is 98.7 Å². The molecule has 0 radical (unpaired) electrons. The summed E-state index contributed by atoms with van der Waals surface area (Å²) in [6.45, 7) is 5.58. The largest absolute Gasteiger partial charge is 0.326 e. The van der Waals surface area contributed by atoms with E-state index in [1.165, 1.54) is 0 Å². The number of carbonyl (C=O) groups excluding carboxylic acids is 1. The molecule has 4 heteroatoms. The van der Waals surface area contributed by atoms with Crippen LogP contribution in [0.2, 0.25) is 0 Å². The number of anilines is 1. The van der Waals surface area contributed by atoms with Gasteiger partial charge in [0, 0.05) is 33.1 Å². The van der Waals surface area contributed by atoms with Gasteiger partial charge in [0.2, 0.25) is 5.91 Å². The summed E-state index contributed by atoms with van der Waals surface area (Å²) in [6, 6.07) is 7.05. The van der Waals surface area contributed by atoms with Crippen LogP contribution in [0.3, 0.4) is 0 Å². The standard InChI is InChI=1S/C12H17NO2S/c1-12(2,3)11(14)13-9-5-7-10(8-6-9)16(4)15/h5-8H,1-4H3,(H,13,14). The first kappa shape index (κ1) is 12.9. The van der Waals surface area contributed by atoms with Crippen LogP contribution in [0.5, 0.6) is 0 Å². The van der Waals surface area contributed by atoms with Gasteiger partial charge in [-0.25, -0.2) is 0 Å².